The molecule has 1 aliphatic carbocycles. The molecular formula is C14H18BrNO2S. The van der Waals surface area contributed by atoms with Gasteiger partial charge in [0.05, 0.1) is 9.89 Å². The van der Waals surface area contributed by atoms with Crippen molar-refractivity contribution in [2.24, 2.45) is 5.92 Å². The van der Waals surface area contributed by atoms with E-state index in [4.69, 9.17) is 0 Å². The number of rotatable bonds is 4. The van der Waals surface area contributed by atoms with Gasteiger partial charge in [0.25, 0.3) is 0 Å². The molecule has 104 valence electrons. The lowest BCUT2D eigenvalue weighted by Gasteiger charge is -2.27. The van der Waals surface area contributed by atoms with E-state index in [0.29, 0.717) is 6.54 Å². The van der Waals surface area contributed by atoms with Gasteiger partial charge in [0.1, 0.15) is 0 Å². The van der Waals surface area contributed by atoms with Crippen LogP contribution in [0.2, 0.25) is 0 Å². The highest BCUT2D eigenvalue weighted by atomic mass is 79.9. The number of aliphatic hydroxyl groups is 1. The quantitative estimate of drug-likeness (QED) is 0.824. The number of hydrogen-bond acceptors (Lipinski definition) is 3. The Morgan fingerprint density at radius 2 is 2.26 bits per heavy atom. The molecule has 0 spiro atoms. The lowest BCUT2D eigenvalue weighted by Crippen LogP contribution is -2.36. The van der Waals surface area contributed by atoms with Gasteiger partial charge in [-0.25, -0.2) is 0 Å². The fraction of sp³-hybridized carbons (Fsp3) is 0.500. The van der Waals surface area contributed by atoms with Crippen LogP contribution >= 0.6 is 27.3 Å². The van der Waals surface area contributed by atoms with Gasteiger partial charge in [-0.05, 0) is 47.0 Å². The lowest BCUT2D eigenvalue weighted by atomic mass is 9.86. The molecule has 0 bridgehead atoms. The predicted octanol–water partition coefficient (Wildman–Crippen LogP) is 3.19. The van der Waals surface area contributed by atoms with Gasteiger partial charge in [0, 0.05) is 23.4 Å². The Labute approximate surface area is 125 Å². The first-order valence-electron chi connectivity index (χ1n) is 6.54. The van der Waals surface area contributed by atoms with Crippen LogP contribution in [0.1, 0.15) is 30.6 Å². The molecule has 2 N–H and O–H groups in total. The van der Waals surface area contributed by atoms with Crippen LogP contribution in [0.4, 0.5) is 0 Å². The second-order valence-electron chi connectivity index (χ2n) is 4.83. The maximum Gasteiger partial charge on any atom is 0.244 e. The summed E-state index contributed by atoms with van der Waals surface area (Å²) in [6.07, 6.45) is 7.21. The average molecular weight is 344 g/mol. The number of thiophene rings is 1. The summed E-state index contributed by atoms with van der Waals surface area (Å²) in [4.78, 5) is 12.7. The maximum absolute atomic E-state index is 11.7. The van der Waals surface area contributed by atoms with E-state index < -0.39 is 0 Å². The van der Waals surface area contributed by atoms with Crippen molar-refractivity contribution in [1.82, 2.24) is 5.32 Å². The molecule has 1 fully saturated rings. The van der Waals surface area contributed by atoms with Crippen molar-refractivity contribution in [2.45, 2.75) is 31.8 Å². The van der Waals surface area contributed by atoms with Gasteiger partial charge in [-0.15, -0.1) is 11.3 Å². The summed E-state index contributed by atoms with van der Waals surface area (Å²) in [7, 11) is 0. The maximum atomic E-state index is 11.7. The van der Waals surface area contributed by atoms with Crippen molar-refractivity contribution >= 4 is 39.2 Å². The van der Waals surface area contributed by atoms with E-state index in [1.165, 1.54) is 0 Å². The monoisotopic (exact) mass is 343 g/mol. The Morgan fingerprint density at radius 3 is 2.95 bits per heavy atom. The number of amides is 1. The Bertz CT molecular complexity index is 458. The van der Waals surface area contributed by atoms with Crippen LogP contribution in [-0.2, 0) is 4.79 Å². The largest absolute Gasteiger partial charge is 0.393 e. The molecule has 1 heterocycles. The normalized spacial score (nSPS) is 23.7. The third kappa shape index (κ3) is 4.75. The van der Waals surface area contributed by atoms with E-state index >= 15 is 0 Å². The fourth-order valence-corrected chi connectivity index (χ4v) is 3.62. The highest BCUT2D eigenvalue weighted by Gasteiger charge is 2.22. The molecule has 1 aromatic heterocycles. The first-order chi connectivity index (χ1) is 9.15. The van der Waals surface area contributed by atoms with Crippen LogP contribution in [0.3, 0.4) is 0 Å². The third-order valence-electron chi connectivity index (χ3n) is 3.40. The Kier molecular flexibility index (Phi) is 5.60. The molecule has 1 amide bonds. The van der Waals surface area contributed by atoms with Gasteiger partial charge in [-0.3, -0.25) is 4.79 Å². The van der Waals surface area contributed by atoms with E-state index in [1.54, 1.807) is 17.4 Å². The van der Waals surface area contributed by atoms with Crippen molar-refractivity contribution in [1.29, 1.82) is 0 Å². The summed E-state index contributed by atoms with van der Waals surface area (Å²) < 4.78 is 1.05. The van der Waals surface area contributed by atoms with E-state index in [2.05, 4.69) is 21.2 Å². The topological polar surface area (TPSA) is 49.3 Å². The number of aliphatic hydroxyl groups excluding tert-OH is 1. The number of carbonyl (C=O) groups is 1. The second-order valence-corrected chi connectivity index (χ2v) is 7.33. The van der Waals surface area contributed by atoms with Crippen LogP contribution in [0.15, 0.2) is 22.0 Å². The standard InChI is InChI=1S/C14H18BrNO2S/c15-13-7-5-11(19-13)6-8-14(18)16-9-10-3-1-2-4-12(10)17/h5-8,10,12,17H,1-4,9H2,(H,16,18). The fourth-order valence-electron chi connectivity index (χ4n) is 2.29. The highest BCUT2D eigenvalue weighted by molar-refractivity contribution is 9.11. The minimum absolute atomic E-state index is 0.0951. The van der Waals surface area contributed by atoms with Crippen LogP contribution in [0.5, 0.6) is 0 Å². The molecule has 3 nitrogen and oxygen atoms in total. The second kappa shape index (κ2) is 7.22. The van der Waals surface area contributed by atoms with Crippen molar-refractivity contribution in [2.75, 3.05) is 6.54 Å². The molecule has 0 aromatic carbocycles. The van der Waals surface area contributed by atoms with E-state index in [1.807, 2.05) is 18.2 Å². The molecule has 0 aliphatic heterocycles. The molecule has 0 saturated heterocycles. The van der Waals surface area contributed by atoms with Gasteiger partial charge in [-0.1, -0.05) is 12.8 Å². The first kappa shape index (κ1) is 14.8. The number of halogens is 1. The Morgan fingerprint density at radius 1 is 1.47 bits per heavy atom. The van der Waals surface area contributed by atoms with Crippen molar-refractivity contribution < 1.29 is 9.90 Å². The summed E-state index contributed by atoms with van der Waals surface area (Å²) in [6, 6.07) is 3.92. The van der Waals surface area contributed by atoms with Crippen LogP contribution in [0.25, 0.3) is 6.08 Å². The lowest BCUT2D eigenvalue weighted by molar-refractivity contribution is -0.116. The molecule has 5 heteroatoms. The van der Waals surface area contributed by atoms with Gasteiger partial charge in [0.2, 0.25) is 5.91 Å². The molecule has 1 aromatic rings. The number of nitrogens with one attached hydrogen (secondary N) is 1. The summed E-state index contributed by atoms with van der Waals surface area (Å²) in [5, 5.41) is 12.7. The van der Waals surface area contributed by atoms with Gasteiger partial charge >= 0.3 is 0 Å². The van der Waals surface area contributed by atoms with Crippen LogP contribution < -0.4 is 5.32 Å². The number of hydrogen-bond donors (Lipinski definition) is 2. The van der Waals surface area contributed by atoms with E-state index in [9.17, 15) is 9.90 Å². The summed E-state index contributed by atoms with van der Waals surface area (Å²) in [5.41, 5.74) is 0. The number of carbonyl (C=O) groups excluding carboxylic acids is 1. The van der Waals surface area contributed by atoms with E-state index in [-0.39, 0.29) is 17.9 Å². The predicted molar refractivity (Wildman–Crippen MR) is 82.0 cm³/mol. The molecular weight excluding hydrogens is 326 g/mol. The van der Waals surface area contributed by atoms with E-state index in [0.717, 1.165) is 34.3 Å². The zero-order valence-electron chi connectivity index (χ0n) is 10.6. The van der Waals surface area contributed by atoms with Crippen LogP contribution in [-0.4, -0.2) is 23.7 Å². The Balaban J connectivity index is 1.76. The minimum Gasteiger partial charge on any atom is -0.393 e. The molecule has 2 atom stereocenters. The smallest absolute Gasteiger partial charge is 0.244 e. The average Bonchev–Trinajstić information content (AvgIpc) is 2.81. The summed E-state index contributed by atoms with van der Waals surface area (Å²) in [6.45, 7) is 0.568. The minimum atomic E-state index is -0.258. The van der Waals surface area contributed by atoms with Gasteiger partial charge in [0.15, 0.2) is 0 Å². The van der Waals surface area contributed by atoms with Crippen molar-refractivity contribution in [3.8, 4) is 0 Å². The molecule has 1 saturated carbocycles. The van der Waals surface area contributed by atoms with Crippen molar-refractivity contribution in [3.63, 3.8) is 0 Å². The van der Waals surface area contributed by atoms with Crippen LogP contribution in [0, 0.1) is 5.92 Å². The highest BCUT2D eigenvalue weighted by Crippen LogP contribution is 2.24. The summed E-state index contributed by atoms with van der Waals surface area (Å²) >= 11 is 4.97. The third-order valence-corrected chi connectivity index (χ3v) is 4.99. The zero-order chi connectivity index (χ0) is 13.7. The summed E-state index contributed by atoms with van der Waals surface area (Å²) in [5.74, 6) is 0.115. The first-order valence-corrected chi connectivity index (χ1v) is 8.15. The molecule has 19 heavy (non-hydrogen) atoms. The van der Waals surface area contributed by atoms with Crippen molar-refractivity contribution in [3.05, 3.63) is 26.9 Å². The van der Waals surface area contributed by atoms with Gasteiger partial charge in [-0.2, -0.15) is 0 Å². The Hall–Kier alpha value is -0.650. The zero-order valence-corrected chi connectivity index (χ0v) is 13.0. The molecule has 0 radical (unpaired) electrons. The SMILES string of the molecule is O=C(C=Cc1ccc(Br)s1)NCC1CCCCC1O. The van der Waals surface area contributed by atoms with Gasteiger partial charge < -0.3 is 10.4 Å². The molecule has 2 rings (SSSR count). The molecule has 1 aliphatic rings. The molecule has 2 unspecified atom stereocenters.